The van der Waals surface area contributed by atoms with Gasteiger partial charge in [-0.3, -0.25) is 10.1 Å². The van der Waals surface area contributed by atoms with Crippen molar-refractivity contribution < 1.29 is 9.66 Å². The highest BCUT2D eigenvalue weighted by Crippen LogP contribution is 2.36. The molecule has 1 aromatic heterocycles. The normalized spacial score (nSPS) is 22.6. The van der Waals surface area contributed by atoms with E-state index < -0.39 is 4.92 Å². The predicted octanol–water partition coefficient (Wildman–Crippen LogP) is 1.24. The van der Waals surface area contributed by atoms with Crippen molar-refractivity contribution in [2.75, 3.05) is 6.54 Å². The summed E-state index contributed by atoms with van der Waals surface area (Å²) >= 11 is 0. The minimum absolute atomic E-state index is 0.0203. The first-order valence-corrected chi connectivity index (χ1v) is 6.15. The molecule has 18 heavy (non-hydrogen) atoms. The lowest BCUT2D eigenvalue weighted by atomic mass is 9.82. The lowest BCUT2D eigenvalue weighted by molar-refractivity contribution is -0.386. The Bertz CT molecular complexity index is 451. The minimum Gasteiger partial charge on any atom is -0.470 e. The average Bonchev–Trinajstić information content (AvgIpc) is 2.59. The quantitative estimate of drug-likeness (QED) is 0.629. The highest BCUT2D eigenvalue weighted by Gasteiger charge is 2.34. The largest absolute Gasteiger partial charge is 0.470 e. The van der Waals surface area contributed by atoms with Crippen LogP contribution in [-0.2, 0) is 6.54 Å². The number of nitrogens with zero attached hydrogens (tertiary/aromatic N) is 3. The van der Waals surface area contributed by atoms with E-state index in [4.69, 9.17) is 10.5 Å². The third-order valence-electron chi connectivity index (χ3n) is 3.34. The van der Waals surface area contributed by atoms with Crippen LogP contribution in [0.2, 0.25) is 0 Å². The molecule has 7 heteroatoms. The van der Waals surface area contributed by atoms with Crippen LogP contribution in [0.25, 0.3) is 0 Å². The number of nitro groups is 1. The Kier molecular flexibility index (Phi) is 3.51. The van der Waals surface area contributed by atoms with Gasteiger partial charge in [0, 0.05) is 6.54 Å². The molecule has 0 saturated heterocycles. The number of ether oxygens (including phenoxy) is 1. The molecule has 0 amide bonds. The highest BCUT2D eigenvalue weighted by atomic mass is 16.6. The van der Waals surface area contributed by atoms with E-state index in [1.54, 1.807) is 11.6 Å². The standard InChI is InChI=1S/C11H18N4O3/c1-3-14-11(10(15(16)17)7(2)13-14)18-9-4-8(5-9)6-12/h8-9H,3-6,12H2,1-2H3. The third-order valence-corrected chi connectivity index (χ3v) is 3.34. The van der Waals surface area contributed by atoms with Gasteiger partial charge in [0.2, 0.25) is 0 Å². The van der Waals surface area contributed by atoms with E-state index in [1.165, 1.54) is 0 Å². The molecule has 0 bridgehead atoms. The smallest absolute Gasteiger partial charge is 0.353 e. The number of rotatable bonds is 5. The van der Waals surface area contributed by atoms with Gasteiger partial charge in [0.05, 0.1) is 4.92 Å². The summed E-state index contributed by atoms with van der Waals surface area (Å²) in [5, 5.41) is 15.2. The first-order valence-electron chi connectivity index (χ1n) is 6.15. The zero-order valence-corrected chi connectivity index (χ0v) is 10.6. The Morgan fingerprint density at radius 3 is 2.78 bits per heavy atom. The van der Waals surface area contributed by atoms with Crippen LogP contribution in [0.1, 0.15) is 25.5 Å². The lowest BCUT2D eigenvalue weighted by Crippen LogP contribution is -2.38. The molecule has 0 spiro atoms. The summed E-state index contributed by atoms with van der Waals surface area (Å²) < 4.78 is 7.27. The molecular formula is C11H18N4O3. The summed E-state index contributed by atoms with van der Waals surface area (Å²) in [5.41, 5.74) is 5.92. The first-order chi connectivity index (χ1) is 8.56. The summed E-state index contributed by atoms with van der Waals surface area (Å²) in [6.07, 6.45) is 1.75. The molecule has 1 aliphatic carbocycles. The number of nitrogens with two attached hydrogens (primary N) is 1. The van der Waals surface area contributed by atoms with Crippen LogP contribution >= 0.6 is 0 Å². The summed E-state index contributed by atoms with van der Waals surface area (Å²) in [6.45, 7) is 4.71. The predicted molar refractivity (Wildman–Crippen MR) is 65.5 cm³/mol. The SMILES string of the molecule is CCn1nc(C)c([N+](=O)[O-])c1OC1CC(CN)C1. The number of hydrogen-bond donors (Lipinski definition) is 1. The van der Waals surface area contributed by atoms with Crippen LogP contribution in [0, 0.1) is 23.0 Å². The zero-order chi connectivity index (χ0) is 13.3. The molecule has 1 aliphatic rings. The van der Waals surface area contributed by atoms with E-state index in [0.717, 1.165) is 12.8 Å². The van der Waals surface area contributed by atoms with Crippen molar-refractivity contribution in [3.63, 3.8) is 0 Å². The fraction of sp³-hybridized carbons (Fsp3) is 0.727. The van der Waals surface area contributed by atoms with Crippen LogP contribution in [-0.4, -0.2) is 27.4 Å². The van der Waals surface area contributed by atoms with E-state index in [9.17, 15) is 10.1 Å². The molecular weight excluding hydrogens is 236 g/mol. The molecule has 0 unspecified atom stereocenters. The molecule has 100 valence electrons. The Morgan fingerprint density at radius 1 is 1.61 bits per heavy atom. The summed E-state index contributed by atoms with van der Waals surface area (Å²) in [4.78, 5) is 10.6. The van der Waals surface area contributed by atoms with Crippen LogP contribution in [0.4, 0.5) is 5.69 Å². The molecule has 7 nitrogen and oxygen atoms in total. The van der Waals surface area contributed by atoms with E-state index >= 15 is 0 Å². The van der Waals surface area contributed by atoms with Crippen molar-refractivity contribution in [2.24, 2.45) is 11.7 Å². The fourth-order valence-electron chi connectivity index (χ4n) is 2.21. The van der Waals surface area contributed by atoms with E-state index in [0.29, 0.717) is 24.7 Å². The third kappa shape index (κ3) is 2.17. The Morgan fingerprint density at radius 2 is 2.28 bits per heavy atom. The van der Waals surface area contributed by atoms with E-state index in [2.05, 4.69) is 5.10 Å². The van der Waals surface area contributed by atoms with Gasteiger partial charge in [0.15, 0.2) is 0 Å². The van der Waals surface area contributed by atoms with Gasteiger partial charge in [-0.25, -0.2) is 4.68 Å². The van der Waals surface area contributed by atoms with Crippen molar-refractivity contribution >= 4 is 5.69 Å². The number of aromatic nitrogens is 2. The molecule has 1 aromatic rings. The molecule has 1 fully saturated rings. The van der Waals surface area contributed by atoms with Crippen LogP contribution < -0.4 is 10.5 Å². The van der Waals surface area contributed by atoms with Crippen molar-refractivity contribution in [3.8, 4) is 5.88 Å². The maximum absolute atomic E-state index is 11.0. The molecule has 0 atom stereocenters. The second-order valence-corrected chi connectivity index (χ2v) is 4.63. The minimum atomic E-state index is -0.428. The fourth-order valence-corrected chi connectivity index (χ4v) is 2.21. The zero-order valence-electron chi connectivity index (χ0n) is 10.6. The second kappa shape index (κ2) is 4.93. The van der Waals surface area contributed by atoms with E-state index in [1.807, 2.05) is 6.92 Å². The van der Waals surface area contributed by atoms with Gasteiger partial charge in [0.1, 0.15) is 11.8 Å². The van der Waals surface area contributed by atoms with E-state index in [-0.39, 0.29) is 17.7 Å². The van der Waals surface area contributed by atoms with Crippen LogP contribution in [0.3, 0.4) is 0 Å². The molecule has 2 N–H and O–H groups in total. The van der Waals surface area contributed by atoms with Gasteiger partial charge in [0.25, 0.3) is 5.88 Å². The van der Waals surface area contributed by atoms with Gasteiger partial charge < -0.3 is 10.5 Å². The van der Waals surface area contributed by atoms with Crippen molar-refractivity contribution in [2.45, 2.75) is 39.3 Å². The van der Waals surface area contributed by atoms with Gasteiger partial charge in [-0.1, -0.05) is 0 Å². The van der Waals surface area contributed by atoms with Gasteiger partial charge in [-0.05, 0) is 39.2 Å². The lowest BCUT2D eigenvalue weighted by Gasteiger charge is -2.34. The average molecular weight is 254 g/mol. The first kappa shape index (κ1) is 12.8. The Balaban J connectivity index is 2.18. The van der Waals surface area contributed by atoms with Crippen LogP contribution in [0.5, 0.6) is 5.88 Å². The second-order valence-electron chi connectivity index (χ2n) is 4.63. The van der Waals surface area contributed by atoms with Crippen molar-refractivity contribution in [1.29, 1.82) is 0 Å². The summed E-state index contributed by atoms with van der Waals surface area (Å²) in [6, 6.07) is 0. The molecule has 0 aromatic carbocycles. The topological polar surface area (TPSA) is 96.2 Å². The molecule has 2 rings (SSSR count). The molecule has 0 aliphatic heterocycles. The molecule has 1 saturated carbocycles. The Hall–Kier alpha value is -1.63. The highest BCUT2D eigenvalue weighted by molar-refractivity contribution is 5.45. The number of hydrogen-bond acceptors (Lipinski definition) is 5. The molecule has 1 heterocycles. The van der Waals surface area contributed by atoms with Crippen molar-refractivity contribution in [3.05, 3.63) is 15.8 Å². The Labute approximate surface area is 105 Å². The summed E-state index contributed by atoms with van der Waals surface area (Å²) in [5.74, 6) is 0.758. The van der Waals surface area contributed by atoms with Crippen molar-refractivity contribution in [1.82, 2.24) is 9.78 Å². The van der Waals surface area contributed by atoms with Gasteiger partial charge >= 0.3 is 5.69 Å². The van der Waals surface area contributed by atoms with Crippen LogP contribution in [0.15, 0.2) is 0 Å². The maximum atomic E-state index is 11.0. The number of aryl methyl sites for hydroxylation is 2. The monoisotopic (exact) mass is 254 g/mol. The summed E-state index contributed by atoms with van der Waals surface area (Å²) in [7, 11) is 0. The molecule has 0 radical (unpaired) electrons. The maximum Gasteiger partial charge on any atom is 0.353 e. The van der Waals surface area contributed by atoms with Gasteiger partial charge in [-0.15, -0.1) is 0 Å². The van der Waals surface area contributed by atoms with Gasteiger partial charge in [-0.2, -0.15) is 5.10 Å².